The fourth-order valence-corrected chi connectivity index (χ4v) is 2.19. The Bertz CT molecular complexity index is 673. The maximum absolute atomic E-state index is 12.1. The number of ether oxygens (including phenoxy) is 1. The molecule has 0 saturated carbocycles. The molecule has 2 aromatic rings. The molecule has 0 aliphatic carbocycles. The van der Waals surface area contributed by atoms with Crippen LogP contribution in [0.15, 0.2) is 53.0 Å². The zero-order valence-corrected chi connectivity index (χ0v) is 12.7. The van der Waals surface area contributed by atoms with Gasteiger partial charge in [-0.15, -0.1) is 0 Å². The number of carbonyl (C=O) groups is 1. The van der Waals surface area contributed by atoms with Crippen LogP contribution in [0, 0.1) is 10.1 Å². The van der Waals surface area contributed by atoms with E-state index in [9.17, 15) is 14.9 Å². The van der Waals surface area contributed by atoms with Crippen molar-refractivity contribution in [1.82, 2.24) is 0 Å². The molecule has 0 aliphatic heterocycles. The summed E-state index contributed by atoms with van der Waals surface area (Å²) in [6.07, 6.45) is -0.429. The van der Waals surface area contributed by atoms with Crippen molar-refractivity contribution in [3.63, 3.8) is 0 Å². The lowest BCUT2D eigenvalue weighted by Crippen LogP contribution is -2.09. The van der Waals surface area contributed by atoms with Crippen LogP contribution in [0.3, 0.4) is 0 Å². The summed E-state index contributed by atoms with van der Waals surface area (Å²) in [7, 11) is 0. The standard InChI is InChI=1S/C15H12BrNO4/c1-10(11-5-3-2-4-6-11)21-15(18)12-7-8-13(16)14(9-12)17(19)20/h2-10H,1H3. The first-order chi connectivity index (χ1) is 9.99. The lowest BCUT2D eigenvalue weighted by molar-refractivity contribution is -0.385. The second-order valence-corrected chi connectivity index (χ2v) is 5.24. The van der Waals surface area contributed by atoms with Gasteiger partial charge >= 0.3 is 5.97 Å². The van der Waals surface area contributed by atoms with Gasteiger partial charge in [-0.05, 0) is 40.5 Å². The van der Waals surface area contributed by atoms with Crippen molar-refractivity contribution in [2.75, 3.05) is 0 Å². The Kier molecular flexibility index (Phi) is 4.70. The van der Waals surface area contributed by atoms with E-state index in [0.29, 0.717) is 4.47 Å². The molecule has 6 heteroatoms. The molecule has 0 spiro atoms. The average Bonchev–Trinajstić information content (AvgIpc) is 2.48. The Hall–Kier alpha value is -2.21. The summed E-state index contributed by atoms with van der Waals surface area (Å²) >= 11 is 3.07. The second kappa shape index (κ2) is 6.49. The van der Waals surface area contributed by atoms with E-state index in [1.54, 1.807) is 6.92 Å². The van der Waals surface area contributed by atoms with Gasteiger partial charge in [0, 0.05) is 6.07 Å². The van der Waals surface area contributed by atoms with Crippen molar-refractivity contribution in [2.45, 2.75) is 13.0 Å². The predicted molar refractivity (Wildman–Crippen MR) is 81.1 cm³/mol. The zero-order chi connectivity index (χ0) is 15.4. The van der Waals surface area contributed by atoms with Gasteiger partial charge in [0.2, 0.25) is 0 Å². The molecule has 1 unspecified atom stereocenters. The molecule has 0 aromatic heterocycles. The number of benzene rings is 2. The molecule has 0 amide bonds. The topological polar surface area (TPSA) is 69.4 Å². The van der Waals surface area contributed by atoms with E-state index in [0.717, 1.165) is 5.56 Å². The highest BCUT2D eigenvalue weighted by atomic mass is 79.9. The molecule has 21 heavy (non-hydrogen) atoms. The van der Waals surface area contributed by atoms with E-state index < -0.39 is 17.0 Å². The maximum atomic E-state index is 12.1. The highest BCUT2D eigenvalue weighted by molar-refractivity contribution is 9.10. The number of halogens is 1. The van der Waals surface area contributed by atoms with Crippen LogP contribution in [0.25, 0.3) is 0 Å². The first-order valence-electron chi connectivity index (χ1n) is 6.19. The third-order valence-electron chi connectivity index (χ3n) is 2.93. The van der Waals surface area contributed by atoms with E-state index >= 15 is 0 Å². The summed E-state index contributed by atoms with van der Waals surface area (Å²) in [5.74, 6) is -0.595. The molecule has 0 aliphatic rings. The Labute approximate surface area is 129 Å². The Morgan fingerprint density at radius 2 is 1.90 bits per heavy atom. The summed E-state index contributed by atoms with van der Waals surface area (Å²) in [4.78, 5) is 22.4. The highest BCUT2D eigenvalue weighted by Crippen LogP contribution is 2.27. The van der Waals surface area contributed by atoms with Crippen molar-refractivity contribution in [1.29, 1.82) is 0 Å². The van der Waals surface area contributed by atoms with Crippen LogP contribution in [-0.2, 0) is 4.74 Å². The van der Waals surface area contributed by atoms with Gasteiger partial charge in [-0.2, -0.15) is 0 Å². The van der Waals surface area contributed by atoms with Crippen molar-refractivity contribution < 1.29 is 14.5 Å². The lowest BCUT2D eigenvalue weighted by atomic mass is 10.1. The summed E-state index contributed by atoms with van der Waals surface area (Å²) in [6, 6.07) is 13.4. The van der Waals surface area contributed by atoms with Crippen LogP contribution in [0.4, 0.5) is 5.69 Å². The normalized spacial score (nSPS) is 11.7. The first kappa shape index (κ1) is 15.2. The van der Waals surface area contributed by atoms with Gasteiger partial charge in [0.15, 0.2) is 0 Å². The van der Waals surface area contributed by atoms with Crippen molar-refractivity contribution in [3.05, 3.63) is 74.2 Å². The van der Waals surface area contributed by atoms with Crippen LogP contribution in [0.5, 0.6) is 0 Å². The number of nitrogens with zero attached hydrogens (tertiary/aromatic N) is 1. The Morgan fingerprint density at radius 3 is 2.52 bits per heavy atom. The first-order valence-corrected chi connectivity index (χ1v) is 6.98. The number of nitro benzene ring substituents is 1. The van der Waals surface area contributed by atoms with Crippen molar-refractivity contribution >= 4 is 27.6 Å². The largest absolute Gasteiger partial charge is 0.454 e. The fourth-order valence-electron chi connectivity index (χ4n) is 1.80. The van der Waals surface area contributed by atoms with Gasteiger partial charge < -0.3 is 4.74 Å². The lowest BCUT2D eigenvalue weighted by Gasteiger charge is -2.13. The predicted octanol–water partition coefficient (Wildman–Crippen LogP) is 4.28. The third kappa shape index (κ3) is 3.66. The number of esters is 1. The van der Waals surface area contributed by atoms with Gasteiger partial charge in [0.1, 0.15) is 6.10 Å². The number of rotatable bonds is 4. The van der Waals surface area contributed by atoms with Gasteiger partial charge in [-0.1, -0.05) is 30.3 Å². The minimum Gasteiger partial charge on any atom is -0.454 e. The maximum Gasteiger partial charge on any atom is 0.338 e. The Morgan fingerprint density at radius 1 is 1.24 bits per heavy atom. The van der Waals surface area contributed by atoms with Gasteiger partial charge in [0.05, 0.1) is 15.0 Å². The zero-order valence-electron chi connectivity index (χ0n) is 11.2. The summed E-state index contributed by atoms with van der Waals surface area (Å²) in [6.45, 7) is 1.75. The van der Waals surface area contributed by atoms with E-state index in [2.05, 4.69) is 15.9 Å². The quantitative estimate of drug-likeness (QED) is 0.469. The molecule has 1 atom stereocenters. The fraction of sp³-hybridized carbons (Fsp3) is 0.133. The minimum absolute atomic E-state index is 0.146. The summed E-state index contributed by atoms with van der Waals surface area (Å²) in [5.41, 5.74) is 0.835. The van der Waals surface area contributed by atoms with Crippen LogP contribution < -0.4 is 0 Å². The van der Waals surface area contributed by atoms with Gasteiger partial charge in [0.25, 0.3) is 5.69 Å². The number of carbonyl (C=O) groups excluding carboxylic acids is 1. The minimum atomic E-state index is -0.595. The molecule has 0 heterocycles. The molecule has 0 N–H and O–H groups in total. The molecule has 0 bridgehead atoms. The monoisotopic (exact) mass is 349 g/mol. The molecule has 2 rings (SSSR count). The molecule has 5 nitrogen and oxygen atoms in total. The van der Waals surface area contributed by atoms with Crippen molar-refractivity contribution in [2.24, 2.45) is 0 Å². The highest BCUT2D eigenvalue weighted by Gasteiger charge is 2.18. The number of hydrogen-bond acceptors (Lipinski definition) is 4. The van der Waals surface area contributed by atoms with Crippen LogP contribution in [0.2, 0.25) is 0 Å². The number of hydrogen-bond donors (Lipinski definition) is 0. The molecule has 0 radical (unpaired) electrons. The van der Waals surface area contributed by atoms with Crippen LogP contribution in [0.1, 0.15) is 28.9 Å². The molecular formula is C15H12BrNO4. The van der Waals surface area contributed by atoms with E-state index in [4.69, 9.17) is 4.74 Å². The SMILES string of the molecule is CC(OC(=O)c1ccc(Br)c([N+](=O)[O-])c1)c1ccccc1. The molecule has 2 aromatic carbocycles. The molecule has 0 saturated heterocycles. The molecule has 0 fully saturated rings. The van der Waals surface area contributed by atoms with E-state index in [1.807, 2.05) is 30.3 Å². The average molecular weight is 350 g/mol. The van der Waals surface area contributed by atoms with E-state index in [-0.39, 0.29) is 11.3 Å². The van der Waals surface area contributed by atoms with E-state index in [1.165, 1.54) is 18.2 Å². The van der Waals surface area contributed by atoms with Crippen molar-refractivity contribution in [3.8, 4) is 0 Å². The third-order valence-corrected chi connectivity index (χ3v) is 3.60. The summed E-state index contributed by atoms with van der Waals surface area (Å²) in [5, 5.41) is 10.9. The smallest absolute Gasteiger partial charge is 0.338 e. The van der Waals surface area contributed by atoms with Crippen LogP contribution in [-0.4, -0.2) is 10.9 Å². The van der Waals surface area contributed by atoms with Crippen LogP contribution >= 0.6 is 15.9 Å². The molecule has 108 valence electrons. The van der Waals surface area contributed by atoms with Gasteiger partial charge in [-0.3, -0.25) is 10.1 Å². The molecular weight excluding hydrogens is 338 g/mol. The summed E-state index contributed by atoms with van der Waals surface area (Å²) < 4.78 is 5.64. The Balaban J connectivity index is 2.17. The number of nitro groups is 1. The van der Waals surface area contributed by atoms with Gasteiger partial charge in [-0.25, -0.2) is 4.79 Å². The second-order valence-electron chi connectivity index (χ2n) is 4.38.